The number of benzene rings is 1. The predicted octanol–water partition coefficient (Wildman–Crippen LogP) is 2.69. The van der Waals surface area contributed by atoms with Crippen LogP contribution in [-0.2, 0) is 19.6 Å². The first-order chi connectivity index (χ1) is 10.9. The van der Waals surface area contributed by atoms with Crippen molar-refractivity contribution in [3.05, 3.63) is 29.8 Å². The Balaban J connectivity index is 1.88. The van der Waals surface area contributed by atoms with Gasteiger partial charge in [0, 0.05) is 13.0 Å². The van der Waals surface area contributed by atoms with Crippen molar-refractivity contribution in [3.63, 3.8) is 0 Å². The molecule has 1 aliphatic carbocycles. The van der Waals surface area contributed by atoms with Crippen molar-refractivity contribution in [1.29, 1.82) is 0 Å². The number of rotatable bonds is 3. The second-order valence-corrected chi connectivity index (χ2v) is 8.57. The topological polar surface area (TPSA) is 63.7 Å². The minimum atomic E-state index is -3.67. The molecule has 5 nitrogen and oxygen atoms in total. The average molecular weight is 337 g/mol. The van der Waals surface area contributed by atoms with E-state index in [-0.39, 0.29) is 22.7 Å². The van der Waals surface area contributed by atoms with Gasteiger partial charge in [-0.3, -0.25) is 4.79 Å². The van der Waals surface area contributed by atoms with Gasteiger partial charge in [-0.15, -0.1) is 0 Å². The van der Waals surface area contributed by atoms with E-state index in [9.17, 15) is 13.2 Å². The summed E-state index contributed by atoms with van der Waals surface area (Å²) in [6, 6.07) is 6.75. The quantitative estimate of drug-likeness (QED) is 0.796. The summed E-state index contributed by atoms with van der Waals surface area (Å²) in [5.74, 6) is -0.429. The molecule has 126 valence electrons. The van der Waals surface area contributed by atoms with Crippen LogP contribution in [0.1, 0.15) is 37.7 Å². The van der Waals surface area contributed by atoms with Gasteiger partial charge in [0.25, 0.3) is 0 Å². The molecule has 0 bridgehead atoms. The summed E-state index contributed by atoms with van der Waals surface area (Å²) in [5, 5.41) is 0. The Morgan fingerprint density at radius 1 is 1.09 bits per heavy atom. The zero-order chi connectivity index (χ0) is 16.6. The van der Waals surface area contributed by atoms with Crippen LogP contribution >= 0.6 is 0 Å². The molecule has 6 heteroatoms. The molecule has 1 heterocycles. The van der Waals surface area contributed by atoms with Crippen LogP contribution in [0.15, 0.2) is 29.2 Å². The van der Waals surface area contributed by atoms with Crippen LogP contribution in [-0.4, -0.2) is 32.0 Å². The summed E-state index contributed by atoms with van der Waals surface area (Å²) in [4.78, 5) is 12.4. The minimum absolute atomic E-state index is 0.0322. The van der Waals surface area contributed by atoms with Crippen molar-refractivity contribution >= 4 is 16.0 Å². The number of hydrogen-bond donors (Lipinski definition) is 0. The molecule has 0 amide bonds. The lowest BCUT2D eigenvalue weighted by Gasteiger charge is -2.27. The number of hydrogen-bond acceptors (Lipinski definition) is 4. The largest absolute Gasteiger partial charge is 0.445 e. The van der Waals surface area contributed by atoms with Crippen molar-refractivity contribution in [2.45, 2.75) is 50.2 Å². The molecule has 0 radical (unpaired) electrons. The summed E-state index contributed by atoms with van der Waals surface area (Å²) in [7, 11) is -2.15. The van der Waals surface area contributed by atoms with Crippen LogP contribution in [0.2, 0.25) is 0 Å². The van der Waals surface area contributed by atoms with Crippen LogP contribution in [0.25, 0.3) is 0 Å². The van der Waals surface area contributed by atoms with Gasteiger partial charge >= 0.3 is 5.97 Å². The van der Waals surface area contributed by atoms with E-state index in [2.05, 4.69) is 0 Å². The molecule has 0 unspecified atom stereocenters. The molecule has 3 rings (SSSR count). The van der Waals surface area contributed by atoms with Crippen LogP contribution in [0.5, 0.6) is 0 Å². The zero-order valence-electron chi connectivity index (χ0n) is 13.6. The van der Waals surface area contributed by atoms with Crippen molar-refractivity contribution in [2.24, 2.45) is 11.8 Å². The van der Waals surface area contributed by atoms with Crippen molar-refractivity contribution in [2.75, 3.05) is 7.05 Å². The number of sulfonamides is 1. The van der Waals surface area contributed by atoms with Crippen molar-refractivity contribution < 1.29 is 17.9 Å². The third kappa shape index (κ3) is 3.02. The number of aryl methyl sites for hydroxylation is 1. The van der Waals surface area contributed by atoms with E-state index in [1.165, 1.54) is 11.4 Å². The first kappa shape index (κ1) is 16.5. The Bertz CT molecular complexity index is 683. The van der Waals surface area contributed by atoms with Gasteiger partial charge in [0.1, 0.15) is 0 Å². The van der Waals surface area contributed by atoms with E-state index in [0.29, 0.717) is 0 Å². The molecule has 1 saturated carbocycles. The van der Waals surface area contributed by atoms with Crippen LogP contribution < -0.4 is 0 Å². The summed E-state index contributed by atoms with van der Waals surface area (Å²) in [5.41, 5.74) is 1.00. The summed E-state index contributed by atoms with van der Waals surface area (Å²) in [6.45, 7) is 1.91. The summed E-state index contributed by atoms with van der Waals surface area (Å²) >= 11 is 0. The lowest BCUT2D eigenvalue weighted by molar-refractivity contribution is -0.147. The highest BCUT2D eigenvalue weighted by Crippen LogP contribution is 2.40. The summed E-state index contributed by atoms with van der Waals surface area (Å²) < 4.78 is 32.4. The zero-order valence-corrected chi connectivity index (χ0v) is 14.4. The molecular formula is C17H23NO4S. The fourth-order valence-electron chi connectivity index (χ4n) is 3.62. The highest BCUT2D eigenvalue weighted by Gasteiger charge is 2.48. The van der Waals surface area contributed by atoms with Gasteiger partial charge in [0.2, 0.25) is 10.0 Å². The van der Waals surface area contributed by atoms with E-state index in [1.807, 2.05) is 6.92 Å². The molecule has 1 saturated heterocycles. The maximum atomic E-state index is 12.8. The maximum Gasteiger partial charge on any atom is 0.311 e. The van der Waals surface area contributed by atoms with Crippen LogP contribution in [0.3, 0.4) is 0 Å². The Hall–Kier alpha value is -1.40. The fourth-order valence-corrected chi connectivity index (χ4v) is 4.91. The van der Waals surface area contributed by atoms with Gasteiger partial charge < -0.3 is 4.74 Å². The van der Waals surface area contributed by atoms with Gasteiger partial charge in [0.05, 0.1) is 10.8 Å². The Morgan fingerprint density at radius 2 is 1.74 bits per heavy atom. The molecule has 0 aromatic heterocycles. The maximum absolute atomic E-state index is 12.8. The fraction of sp³-hybridized carbons (Fsp3) is 0.588. The first-order valence-electron chi connectivity index (χ1n) is 8.16. The monoisotopic (exact) mass is 337 g/mol. The molecule has 1 aromatic carbocycles. The smallest absolute Gasteiger partial charge is 0.311 e. The molecular weight excluding hydrogens is 314 g/mol. The number of esters is 1. The first-order valence-corrected chi connectivity index (χ1v) is 9.60. The van der Waals surface area contributed by atoms with Gasteiger partial charge in [-0.1, -0.05) is 37.0 Å². The van der Waals surface area contributed by atoms with Crippen LogP contribution in [0, 0.1) is 18.8 Å². The number of carbonyl (C=O) groups excluding carboxylic acids is 1. The highest BCUT2D eigenvalue weighted by atomic mass is 32.2. The molecule has 0 spiro atoms. The molecule has 1 aromatic rings. The second-order valence-electron chi connectivity index (χ2n) is 6.57. The van der Waals surface area contributed by atoms with E-state index in [0.717, 1.165) is 37.7 Å². The highest BCUT2D eigenvalue weighted by molar-refractivity contribution is 7.89. The Labute approximate surface area is 137 Å². The SMILES string of the molecule is Cc1ccc(S(=O)(=O)N(C)[C@@H]2OC(=O)[C@@H]3CCCCC[C@@H]23)cc1. The molecule has 1 aliphatic heterocycles. The van der Waals surface area contributed by atoms with E-state index >= 15 is 0 Å². The Kier molecular flexibility index (Phi) is 4.47. The molecule has 2 fully saturated rings. The van der Waals surface area contributed by atoms with Crippen LogP contribution in [0.4, 0.5) is 0 Å². The lowest BCUT2D eigenvalue weighted by atomic mass is 9.89. The predicted molar refractivity (Wildman–Crippen MR) is 86.1 cm³/mol. The van der Waals surface area contributed by atoms with Crippen molar-refractivity contribution in [3.8, 4) is 0 Å². The third-order valence-corrected chi connectivity index (χ3v) is 6.87. The molecule has 0 N–H and O–H groups in total. The van der Waals surface area contributed by atoms with Gasteiger partial charge in [0.15, 0.2) is 6.23 Å². The normalized spacial score (nSPS) is 28.3. The molecule has 2 aliphatic rings. The molecule has 3 atom stereocenters. The van der Waals surface area contributed by atoms with E-state index < -0.39 is 16.3 Å². The third-order valence-electron chi connectivity index (χ3n) is 5.03. The van der Waals surface area contributed by atoms with Gasteiger partial charge in [-0.25, -0.2) is 8.42 Å². The number of cyclic esters (lactones) is 1. The standard InChI is InChI=1S/C17H23NO4S/c1-12-8-10-13(11-9-12)23(20,21)18(2)16-14-6-4-3-5-7-15(14)17(19)22-16/h8-11,14-16H,3-7H2,1-2H3/t14-,15-,16-/m1/s1. The Morgan fingerprint density at radius 3 is 2.43 bits per heavy atom. The van der Waals surface area contributed by atoms with E-state index in [4.69, 9.17) is 4.74 Å². The number of nitrogens with zero attached hydrogens (tertiary/aromatic N) is 1. The van der Waals surface area contributed by atoms with Gasteiger partial charge in [-0.2, -0.15) is 4.31 Å². The lowest BCUT2D eigenvalue weighted by Crippen LogP contribution is -2.41. The van der Waals surface area contributed by atoms with Gasteiger partial charge in [-0.05, 0) is 31.9 Å². The second kappa shape index (κ2) is 6.24. The number of fused-ring (bicyclic) bond motifs is 1. The molecule has 23 heavy (non-hydrogen) atoms. The van der Waals surface area contributed by atoms with E-state index in [1.54, 1.807) is 24.3 Å². The average Bonchev–Trinajstić information content (AvgIpc) is 2.71. The number of ether oxygens (including phenoxy) is 1. The minimum Gasteiger partial charge on any atom is -0.445 e. The number of carbonyl (C=O) groups is 1. The van der Waals surface area contributed by atoms with Crippen molar-refractivity contribution in [1.82, 2.24) is 4.31 Å². The summed E-state index contributed by atoms with van der Waals surface area (Å²) in [6.07, 6.45) is 4.09.